The van der Waals surface area contributed by atoms with Crippen molar-refractivity contribution in [3.05, 3.63) is 22.7 Å². The molecule has 0 saturated heterocycles. The number of ether oxygens (including phenoxy) is 3. The number of hydrazine groups is 1. The second kappa shape index (κ2) is 10.4. The molecule has 0 bridgehead atoms. The van der Waals surface area contributed by atoms with Gasteiger partial charge in [-0.2, -0.15) is 0 Å². The van der Waals surface area contributed by atoms with Crippen LogP contribution in [-0.2, 0) is 14.3 Å². The van der Waals surface area contributed by atoms with Crippen LogP contribution < -0.4 is 20.3 Å². The maximum absolute atomic E-state index is 12.0. The summed E-state index contributed by atoms with van der Waals surface area (Å²) in [5, 5.41) is 0.199. The zero-order valence-corrected chi connectivity index (χ0v) is 15.1. The van der Waals surface area contributed by atoms with Crippen molar-refractivity contribution in [1.29, 1.82) is 0 Å². The maximum Gasteiger partial charge on any atom is 0.338 e. The van der Waals surface area contributed by atoms with Gasteiger partial charge in [0, 0.05) is 6.92 Å². The molecule has 0 unspecified atom stereocenters. The summed E-state index contributed by atoms with van der Waals surface area (Å²) < 4.78 is 15.6. The van der Waals surface area contributed by atoms with Crippen LogP contribution >= 0.6 is 11.6 Å². The molecule has 1 rings (SSSR count). The third kappa shape index (κ3) is 6.88. The topological polar surface area (TPSA) is 103 Å². The molecule has 2 N–H and O–H groups in total. The molecule has 0 aliphatic carbocycles. The lowest BCUT2D eigenvalue weighted by Crippen LogP contribution is -2.42. The minimum Gasteiger partial charge on any atom is -0.493 e. The second-order valence-corrected chi connectivity index (χ2v) is 5.40. The van der Waals surface area contributed by atoms with Crippen molar-refractivity contribution in [3.63, 3.8) is 0 Å². The smallest absolute Gasteiger partial charge is 0.338 e. The Labute approximate surface area is 150 Å². The zero-order chi connectivity index (χ0) is 18.8. The highest BCUT2D eigenvalue weighted by Crippen LogP contribution is 2.36. The lowest BCUT2D eigenvalue weighted by Gasteiger charge is -2.14. The lowest BCUT2D eigenvalue weighted by molar-refractivity contribution is -0.129. The van der Waals surface area contributed by atoms with E-state index in [0.717, 1.165) is 12.8 Å². The molecule has 1 aromatic carbocycles. The first kappa shape index (κ1) is 20.6. The van der Waals surface area contributed by atoms with Crippen molar-refractivity contribution in [2.24, 2.45) is 0 Å². The van der Waals surface area contributed by atoms with E-state index in [-0.39, 0.29) is 10.6 Å². The van der Waals surface area contributed by atoms with E-state index in [4.69, 9.17) is 25.8 Å². The van der Waals surface area contributed by atoms with E-state index >= 15 is 0 Å². The summed E-state index contributed by atoms with van der Waals surface area (Å²) in [4.78, 5) is 34.1. The monoisotopic (exact) mass is 372 g/mol. The number of esters is 1. The van der Waals surface area contributed by atoms with Gasteiger partial charge in [0.25, 0.3) is 5.91 Å². The molecule has 8 nitrogen and oxygen atoms in total. The maximum atomic E-state index is 12.0. The number of carbonyl (C=O) groups excluding carboxylic acids is 3. The van der Waals surface area contributed by atoms with Gasteiger partial charge in [0.05, 0.1) is 24.3 Å². The molecule has 0 saturated carbocycles. The standard InChI is InChI=1S/C16H21ClN2O6/c1-4-5-6-24-15-12(17)7-11(8-13(15)23-3)16(22)25-9-14(21)19-18-10(2)20/h7-8H,4-6,9H2,1-3H3,(H,18,20)(H,19,21). The van der Waals surface area contributed by atoms with Gasteiger partial charge in [-0.1, -0.05) is 24.9 Å². The fraction of sp³-hybridized carbons (Fsp3) is 0.438. The Morgan fingerprint density at radius 3 is 2.52 bits per heavy atom. The fourth-order valence-corrected chi connectivity index (χ4v) is 1.97. The minimum atomic E-state index is -0.765. The molecule has 2 amide bonds. The van der Waals surface area contributed by atoms with Crippen LogP contribution in [0.3, 0.4) is 0 Å². The first-order valence-electron chi connectivity index (χ1n) is 7.61. The van der Waals surface area contributed by atoms with Gasteiger partial charge in [-0.25, -0.2) is 4.79 Å². The number of methoxy groups -OCH3 is 1. The quantitative estimate of drug-likeness (QED) is 0.410. The van der Waals surface area contributed by atoms with Crippen LogP contribution in [0.2, 0.25) is 5.02 Å². The summed E-state index contributed by atoms with van der Waals surface area (Å²) in [5.41, 5.74) is 4.26. The summed E-state index contributed by atoms with van der Waals surface area (Å²) in [6, 6.07) is 2.79. The van der Waals surface area contributed by atoms with Gasteiger partial charge < -0.3 is 14.2 Å². The molecule has 0 fully saturated rings. The Morgan fingerprint density at radius 1 is 1.20 bits per heavy atom. The van der Waals surface area contributed by atoms with Gasteiger partial charge >= 0.3 is 5.97 Å². The predicted molar refractivity (Wildman–Crippen MR) is 90.6 cm³/mol. The first-order valence-corrected chi connectivity index (χ1v) is 7.99. The van der Waals surface area contributed by atoms with Crippen molar-refractivity contribution in [2.75, 3.05) is 20.3 Å². The summed E-state index contributed by atoms with van der Waals surface area (Å²) >= 11 is 6.14. The number of carbonyl (C=O) groups is 3. The van der Waals surface area contributed by atoms with Crippen molar-refractivity contribution in [1.82, 2.24) is 10.9 Å². The van der Waals surface area contributed by atoms with Gasteiger partial charge in [0.1, 0.15) is 0 Å². The van der Waals surface area contributed by atoms with Crippen molar-refractivity contribution >= 4 is 29.4 Å². The Morgan fingerprint density at radius 2 is 1.92 bits per heavy atom. The molecule has 0 aromatic heterocycles. The van der Waals surface area contributed by atoms with Crippen LogP contribution in [0, 0.1) is 0 Å². The van der Waals surface area contributed by atoms with Gasteiger partial charge in [0.2, 0.25) is 5.91 Å². The van der Waals surface area contributed by atoms with Gasteiger partial charge in [-0.15, -0.1) is 0 Å². The van der Waals surface area contributed by atoms with Crippen LogP contribution in [0.25, 0.3) is 0 Å². The van der Waals surface area contributed by atoms with E-state index in [1.54, 1.807) is 0 Å². The van der Waals surface area contributed by atoms with E-state index in [1.807, 2.05) is 6.92 Å². The number of rotatable bonds is 8. The van der Waals surface area contributed by atoms with Crippen LogP contribution in [-0.4, -0.2) is 38.1 Å². The van der Waals surface area contributed by atoms with Crippen molar-refractivity contribution in [2.45, 2.75) is 26.7 Å². The molecular formula is C16H21ClN2O6. The number of unbranched alkanes of at least 4 members (excludes halogenated alkanes) is 1. The largest absolute Gasteiger partial charge is 0.493 e. The van der Waals surface area contributed by atoms with Crippen molar-refractivity contribution < 1.29 is 28.6 Å². The summed E-state index contributed by atoms with van der Waals surface area (Å²) in [6.45, 7) is 3.17. The number of amides is 2. The molecule has 0 heterocycles. The number of hydrogen-bond donors (Lipinski definition) is 2. The Bertz CT molecular complexity index is 635. The summed E-state index contributed by atoms with van der Waals surface area (Å²) in [5.74, 6) is -1.26. The van der Waals surface area contributed by atoms with E-state index in [1.165, 1.54) is 26.2 Å². The normalized spacial score (nSPS) is 9.92. The number of nitrogens with one attached hydrogen (secondary N) is 2. The van der Waals surface area contributed by atoms with Crippen LogP contribution in [0.1, 0.15) is 37.0 Å². The highest BCUT2D eigenvalue weighted by atomic mass is 35.5. The van der Waals surface area contributed by atoms with Crippen molar-refractivity contribution in [3.8, 4) is 11.5 Å². The average molecular weight is 373 g/mol. The fourth-order valence-electron chi connectivity index (χ4n) is 1.70. The van der Waals surface area contributed by atoms with Gasteiger partial charge in [-0.3, -0.25) is 20.4 Å². The van der Waals surface area contributed by atoms with E-state index in [2.05, 4.69) is 10.9 Å². The number of benzene rings is 1. The first-order chi connectivity index (χ1) is 11.9. The minimum absolute atomic E-state index is 0.108. The molecule has 138 valence electrons. The average Bonchev–Trinajstić information content (AvgIpc) is 2.58. The molecule has 0 atom stereocenters. The van der Waals surface area contributed by atoms with E-state index in [0.29, 0.717) is 18.1 Å². The molecule has 1 aromatic rings. The SMILES string of the molecule is CCCCOc1c(Cl)cc(C(=O)OCC(=O)NNC(C)=O)cc1OC. The Hall–Kier alpha value is -2.48. The zero-order valence-electron chi connectivity index (χ0n) is 14.3. The van der Waals surface area contributed by atoms with Crippen LogP contribution in [0.5, 0.6) is 11.5 Å². The number of halogens is 1. The summed E-state index contributed by atoms with van der Waals surface area (Å²) in [7, 11) is 1.42. The highest BCUT2D eigenvalue weighted by Gasteiger charge is 2.17. The molecule has 0 radical (unpaired) electrons. The molecule has 0 spiro atoms. The molecule has 0 aliphatic heterocycles. The Kier molecular flexibility index (Phi) is 8.55. The molecule has 0 aliphatic rings. The highest BCUT2D eigenvalue weighted by molar-refractivity contribution is 6.32. The van der Waals surface area contributed by atoms with Crippen LogP contribution in [0.4, 0.5) is 0 Å². The van der Waals surface area contributed by atoms with Gasteiger partial charge in [0.15, 0.2) is 18.1 Å². The van der Waals surface area contributed by atoms with E-state index < -0.39 is 24.4 Å². The van der Waals surface area contributed by atoms with E-state index in [9.17, 15) is 14.4 Å². The molecule has 25 heavy (non-hydrogen) atoms. The number of hydrogen-bond acceptors (Lipinski definition) is 6. The second-order valence-electron chi connectivity index (χ2n) is 5.00. The predicted octanol–water partition coefficient (Wildman–Crippen LogP) is 1.85. The third-order valence-corrected chi connectivity index (χ3v) is 3.20. The van der Waals surface area contributed by atoms with Crippen LogP contribution in [0.15, 0.2) is 12.1 Å². The molecule has 9 heteroatoms. The van der Waals surface area contributed by atoms with Gasteiger partial charge in [-0.05, 0) is 18.6 Å². The Balaban J connectivity index is 2.74. The summed E-state index contributed by atoms with van der Waals surface area (Å²) in [6.07, 6.45) is 1.82. The lowest BCUT2D eigenvalue weighted by atomic mass is 10.2. The molecular weight excluding hydrogens is 352 g/mol. The third-order valence-electron chi connectivity index (χ3n) is 2.92.